The van der Waals surface area contributed by atoms with E-state index in [-0.39, 0.29) is 11.9 Å². The van der Waals surface area contributed by atoms with E-state index in [1.54, 1.807) is 23.1 Å². The number of hydrogen-bond donors (Lipinski definition) is 1. The molecular formula is C28H31N5OS2. The minimum atomic E-state index is 0.154. The Morgan fingerprint density at radius 1 is 0.972 bits per heavy atom. The molecule has 3 heterocycles. The highest BCUT2D eigenvalue weighted by molar-refractivity contribution is 7.99. The molecule has 1 amide bonds. The number of aromatic nitrogens is 3. The molecule has 2 aromatic heterocycles. The minimum Gasteiger partial charge on any atom is -0.353 e. The lowest BCUT2D eigenvalue weighted by molar-refractivity contribution is -0.122. The van der Waals surface area contributed by atoms with Crippen LogP contribution in [0.5, 0.6) is 0 Å². The number of nitrogens with zero attached hydrogens (tertiary/aromatic N) is 4. The Bertz CT molecular complexity index is 1220. The molecule has 1 fully saturated rings. The van der Waals surface area contributed by atoms with Gasteiger partial charge >= 0.3 is 0 Å². The molecule has 0 spiro atoms. The summed E-state index contributed by atoms with van der Waals surface area (Å²) in [4.78, 5) is 16.1. The molecule has 0 unspecified atom stereocenters. The lowest BCUT2D eigenvalue weighted by Gasteiger charge is -2.32. The number of carbonyl (C=O) groups excluding carboxylic acids is 1. The van der Waals surface area contributed by atoms with Gasteiger partial charge in [0.15, 0.2) is 11.0 Å². The molecule has 36 heavy (non-hydrogen) atoms. The Morgan fingerprint density at radius 2 is 1.72 bits per heavy atom. The van der Waals surface area contributed by atoms with E-state index in [1.165, 1.54) is 5.56 Å². The van der Waals surface area contributed by atoms with Crippen molar-refractivity contribution in [3.63, 3.8) is 0 Å². The normalized spacial score (nSPS) is 14.7. The lowest BCUT2D eigenvalue weighted by atomic mass is 10.0. The Hall–Kier alpha value is -2.94. The van der Waals surface area contributed by atoms with Crippen LogP contribution in [-0.4, -0.2) is 50.5 Å². The molecule has 1 aliphatic heterocycles. The predicted molar refractivity (Wildman–Crippen MR) is 148 cm³/mol. The summed E-state index contributed by atoms with van der Waals surface area (Å²) in [5.74, 6) is 1.83. The zero-order valence-electron chi connectivity index (χ0n) is 20.3. The van der Waals surface area contributed by atoms with Crippen LogP contribution in [0, 0.1) is 0 Å². The Balaban J connectivity index is 1.08. The van der Waals surface area contributed by atoms with Gasteiger partial charge in [0.05, 0.1) is 4.88 Å². The fraction of sp³-hybridized carbons (Fsp3) is 0.321. The van der Waals surface area contributed by atoms with Crippen molar-refractivity contribution in [1.29, 1.82) is 0 Å². The predicted octanol–water partition coefficient (Wildman–Crippen LogP) is 5.65. The van der Waals surface area contributed by atoms with Crippen molar-refractivity contribution in [3.8, 4) is 16.4 Å². The number of nitrogens with one attached hydrogen (secondary N) is 1. The summed E-state index contributed by atoms with van der Waals surface area (Å²) in [5.41, 5.74) is 2.40. The molecule has 1 saturated heterocycles. The molecule has 186 valence electrons. The summed E-state index contributed by atoms with van der Waals surface area (Å²) in [6, 6.07) is 25.2. The number of benzene rings is 2. The number of thiophene rings is 1. The first kappa shape index (κ1) is 24.7. The zero-order chi connectivity index (χ0) is 24.6. The van der Waals surface area contributed by atoms with Crippen LogP contribution in [-0.2, 0) is 11.3 Å². The van der Waals surface area contributed by atoms with Gasteiger partial charge in [-0.3, -0.25) is 14.3 Å². The van der Waals surface area contributed by atoms with Gasteiger partial charge in [-0.05, 0) is 48.4 Å². The highest BCUT2D eigenvalue weighted by Gasteiger charge is 2.21. The Kier molecular flexibility index (Phi) is 8.48. The molecule has 6 nitrogen and oxygen atoms in total. The van der Waals surface area contributed by atoms with E-state index in [0.29, 0.717) is 6.42 Å². The first-order chi connectivity index (χ1) is 17.8. The van der Waals surface area contributed by atoms with Crippen LogP contribution < -0.4 is 5.32 Å². The summed E-state index contributed by atoms with van der Waals surface area (Å²) in [6.07, 6.45) is 3.37. The molecule has 0 bridgehead atoms. The second-order valence-corrected chi connectivity index (χ2v) is 11.0. The smallest absolute Gasteiger partial charge is 0.220 e. The van der Waals surface area contributed by atoms with E-state index in [2.05, 4.69) is 78.9 Å². The SMILES string of the molecule is O=C(CCCSc1nnc(-c2cccs2)n1-c1ccccc1)NC1CCN(Cc2ccccc2)CC1. The number of rotatable bonds is 10. The van der Waals surface area contributed by atoms with Gasteiger partial charge in [-0.25, -0.2) is 0 Å². The standard InChI is InChI=1S/C28H31N5OS2/c34-26(29-23-15-17-32(18-16-23)21-22-9-3-1-4-10-22)14-8-20-36-28-31-30-27(25-13-7-19-35-25)33(28)24-11-5-2-6-12-24/h1-7,9-13,19,23H,8,14-18,20-21H2,(H,29,34). The van der Waals surface area contributed by atoms with E-state index in [0.717, 1.165) is 66.2 Å². The number of piperidine rings is 1. The largest absolute Gasteiger partial charge is 0.353 e. The van der Waals surface area contributed by atoms with Crippen molar-refractivity contribution in [3.05, 3.63) is 83.7 Å². The third-order valence-electron chi connectivity index (χ3n) is 6.37. The minimum absolute atomic E-state index is 0.154. The molecule has 0 aliphatic carbocycles. The maximum Gasteiger partial charge on any atom is 0.220 e. The van der Waals surface area contributed by atoms with E-state index in [1.807, 2.05) is 24.3 Å². The van der Waals surface area contributed by atoms with Crippen molar-refractivity contribution in [2.75, 3.05) is 18.8 Å². The van der Waals surface area contributed by atoms with Crippen molar-refractivity contribution >= 4 is 29.0 Å². The number of thioether (sulfide) groups is 1. The van der Waals surface area contributed by atoms with Crippen molar-refractivity contribution in [2.45, 2.75) is 43.4 Å². The van der Waals surface area contributed by atoms with Crippen LogP contribution in [0.2, 0.25) is 0 Å². The molecule has 4 aromatic rings. The maximum atomic E-state index is 12.6. The van der Waals surface area contributed by atoms with E-state index < -0.39 is 0 Å². The van der Waals surface area contributed by atoms with E-state index in [4.69, 9.17) is 0 Å². The second kappa shape index (κ2) is 12.3. The maximum absolute atomic E-state index is 12.6. The molecule has 0 atom stereocenters. The molecule has 5 rings (SSSR count). The van der Waals surface area contributed by atoms with E-state index in [9.17, 15) is 4.79 Å². The van der Waals surface area contributed by atoms with Crippen LogP contribution in [0.15, 0.2) is 83.3 Å². The van der Waals surface area contributed by atoms with Gasteiger partial charge in [0.25, 0.3) is 0 Å². The number of para-hydroxylation sites is 1. The second-order valence-electron chi connectivity index (χ2n) is 9.01. The first-order valence-corrected chi connectivity index (χ1v) is 14.4. The third-order valence-corrected chi connectivity index (χ3v) is 8.25. The number of hydrogen-bond acceptors (Lipinski definition) is 6. The molecule has 1 N–H and O–H groups in total. The van der Waals surface area contributed by atoms with Gasteiger partial charge in [-0.1, -0.05) is 66.4 Å². The number of amides is 1. The summed E-state index contributed by atoms with van der Waals surface area (Å²) in [5, 5.41) is 15.1. The van der Waals surface area contributed by atoms with Crippen molar-refractivity contribution in [2.24, 2.45) is 0 Å². The molecule has 0 radical (unpaired) electrons. The van der Waals surface area contributed by atoms with Gasteiger partial charge in [-0.2, -0.15) is 0 Å². The van der Waals surface area contributed by atoms with Gasteiger partial charge in [-0.15, -0.1) is 21.5 Å². The monoisotopic (exact) mass is 517 g/mol. The van der Waals surface area contributed by atoms with Crippen LogP contribution >= 0.6 is 23.1 Å². The summed E-state index contributed by atoms with van der Waals surface area (Å²) in [7, 11) is 0. The molecule has 2 aromatic carbocycles. The fourth-order valence-electron chi connectivity index (χ4n) is 4.51. The Labute approximate surface area is 220 Å². The lowest BCUT2D eigenvalue weighted by Crippen LogP contribution is -2.44. The zero-order valence-corrected chi connectivity index (χ0v) is 21.9. The van der Waals surface area contributed by atoms with Crippen LogP contribution in [0.25, 0.3) is 16.4 Å². The number of likely N-dealkylation sites (tertiary alicyclic amines) is 1. The molecular weight excluding hydrogens is 486 g/mol. The molecule has 8 heteroatoms. The summed E-state index contributed by atoms with van der Waals surface area (Å²) in [6.45, 7) is 3.04. The highest BCUT2D eigenvalue weighted by Crippen LogP contribution is 2.30. The number of carbonyl (C=O) groups is 1. The van der Waals surface area contributed by atoms with Crippen LogP contribution in [0.3, 0.4) is 0 Å². The van der Waals surface area contributed by atoms with Gasteiger partial charge in [0.2, 0.25) is 5.91 Å². The average Bonchev–Trinajstić information content (AvgIpc) is 3.59. The van der Waals surface area contributed by atoms with Gasteiger partial charge in [0.1, 0.15) is 0 Å². The van der Waals surface area contributed by atoms with Crippen molar-refractivity contribution < 1.29 is 4.79 Å². The quantitative estimate of drug-likeness (QED) is 0.218. The van der Waals surface area contributed by atoms with Gasteiger partial charge in [0, 0.05) is 43.5 Å². The van der Waals surface area contributed by atoms with E-state index >= 15 is 0 Å². The average molecular weight is 518 g/mol. The van der Waals surface area contributed by atoms with Crippen LogP contribution in [0.1, 0.15) is 31.2 Å². The van der Waals surface area contributed by atoms with Crippen LogP contribution in [0.4, 0.5) is 0 Å². The summed E-state index contributed by atoms with van der Waals surface area (Å²) < 4.78 is 2.11. The third kappa shape index (κ3) is 6.43. The topological polar surface area (TPSA) is 63.1 Å². The molecule has 0 saturated carbocycles. The summed E-state index contributed by atoms with van der Waals surface area (Å²) >= 11 is 3.32. The van der Waals surface area contributed by atoms with Gasteiger partial charge < -0.3 is 5.32 Å². The Morgan fingerprint density at radius 3 is 2.44 bits per heavy atom. The molecule has 1 aliphatic rings. The fourth-order valence-corrected chi connectivity index (χ4v) is 6.10. The highest BCUT2D eigenvalue weighted by atomic mass is 32.2. The first-order valence-electron chi connectivity index (χ1n) is 12.5. The van der Waals surface area contributed by atoms with Crippen molar-refractivity contribution in [1.82, 2.24) is 25.0 Å².